The highest BCUT2D eigenvalue weighted by atomic mass is 35.5. The van der Waals surface area contributed by atoms with Crippen molar-refractivity contribution in [2.45, 2.75) is 24.6 Å². The number of benzene rings is 2. The molecule has 11 heteroatoms. The lowest BCUT2D eigenvalue weighted by Crippen LogP contribution is -2.45. The minimum absolute atomic E-state index is 0.0298. The molecule has 32 heavy (non-hydrogen) atoms. The fraction of sp³-hybridized carbons (Fsp3) is 0.286. The number of amides is 1. The Morgan fingerprint density at radius 3 is 2.47 bits per heavy atom. The van der Waals surface area contributed by atoms with Gasteiger partial charge in [-0.15, -0.1) is 5.06 Å². The molecule has 6 nitrogen and oxygen atoms in total. The van der Waals surface area contributed by atoms with Crippen LogP contribution in [0.3, 0.4) is 0 Å². The van der Waals surface area contributed by atoms with Crippen LogP contribution in [0.5, 0.6) is 0 Å². The van der Waals surface area contributed by atoms with E-state index in [0.717, 1.165) is 29.5 Å². The van der Waals surface area contributed by atoms with E-state index in [2.05, 4.69) is 10.8 Å². The highest BCUT2D eigenvalue weighted by Gasteiger charge is 2.40. The second-order valence-corrected chi connectivity index (χ2v) is 8.30. The number of carbonyl (C=O) groups is 1. The predicted molar refractivity (Wildman–Crippen MR) is 114 cm³/mol. The van der Waals surface area contributed by atoms with E-state index >= 15 is 0 Å². The van der Waals surface area contributed by atoms with Gasteiger partial charge in [-0.05, 0) is 54.8 Å². The molecule has 2 heterocycles. The number of anilines is 1. The Bertz CT molecular complexity index is 1040. The molecule has 2 aliphatic heterocycles. The molecule has 0 radical (unpaired) electrons. The van der Waals surface area contributed by atoms with Crippen molar-refractivity contribution in [1.82, 2.24) is 10.5 Å². The van der Waals surface area contributed by atoms with Crippen LogP contribution in [0, 0.1) is 0 Å². The number of halogens is 5. The molecule has 1 saturated heterocycles. The summed E-state index contributed by atoms with van der Waals surface area (Å²) in [7, 11) is 0. The van der Waals surface area contributed by atoms with E-state index in [0.29, 0.717) is 31.0 Å². The first-order chi connectivity index (χ1) is 15.1. The van der Waals surface area contributed by atoms with Crippen LogP contribution in [0.25, 0.3) is 5.70 Å². The molecule has 0 unspecified atom stereocenters. The van der Waals surface area contributed by atoms with Gasteiger partial charge >= 0.3 is 12.3 Å². The average molecular weight is 488 g/mol. The molecule has 2 aromatic rings. The molecule has 2 aromatic carbocycles. The Morgan fingerprint density at radius 2 is 1.81 bits per heavy atom. The second kappa shape index (κ2) is 8.82. The average Bonchev–Trinajstić information content (AvgIpc) is 3.15. The maximum absolute atomic E-state index is 12.9. The van der Waals surface area contributed by atoms with Gasteiger partial charge in [-0.3, -0.25) is 15.6 Å². The minimum Gasteiger partial charge on any atom is -0.351 e. The fourth-order valence-electron chi connectivity index (χ4n) is 3.50. The molecule has 2 aliphatic rings. The number of carbonyl (C=O) groups excluding carboxylic acids is 1. The molecule has 2 N–H and O–H groups in total. The van der Waals surface area contributed by atoms with Crippen LogP contribution in [0.2, 0.25) is 10.0 Å². The van der Waals surface area contributed by atoms with Crippen molar-refractivity contribution in [3.8, 4) is 0 Å². The number of piperidine rings is 1. The van der Waals surface area contributed by atoms with Crippen LogP contribution in [0.1, 0.15) is 24.0 Å². The van der Waals surface area contributed by atoms with E-state index < -0.39 is 23.4 Å². The van der Waals surface area contributed by atoms with Crippen molar-refractivity contribution in [3.63, 3.8) is 0 Å². The third-order valence-corrected chi connectivity index (χ3v) is 5.82. The van der Waals surface area contributed by atoms with Crippen molar-refractivity contribution >= 4 is 40.7 Å². The zero-order valence-electron chi connectivity index (χ0n) is 16.5. The molecule has 170 valence electrons. The molecule has 0 aliphatic carbocycles. The van der Waals surface area contributed by atoms with Gasteiger partial charge in [0.2, 0.25) is 0 Å². The fourth-order valence-corrected chi connectivity index (χ4v) is 3.79. The zero-order chi connectivity index (χ0) is 22.9. The van der Waals surface area contributed by atoms with Gasteiger partial charge in [-0.2, -0.15) is 13.2 Å². The molecule has 4 rings (SSSR count). The Labute approximate surface area is 191 Å². The Kier molecular flexibility index (Phi) is 6.26. The van der Waals surface area contributed by atoms with Crippen LogP contribution < -0.4 is 10.8 Å². The molecule has 1 fully saturated rings. The third kappa shape index (κ3) is 5.12. The van der Waals surface area contributed by atoms with Gasteiger partial charge in [-0.1, -0.05) is 35.3 Å². The monoisotopic (exact) mass is 487 g/mol. The standard InChI is InChI=1S/C21H18Cl2F3N3O3/c22-15-4-1-13(2-5-15)18-12-20(32-28-18)7-9-29(10-8-20)31-19(30)27-17-11-14(21(24,25)26)3-6-16(17)23/h1-6,11-12,28H,7-10H2,(H,27,30). The lowest BCUT2D eigenvalue weighted by atomic mass is 9.91. The maximum atomic E-state index is 12.9. The van der Waals surface area contributed by atoms with Crippen molar-refractivity contribution in [1.29, 1.82) is 0 Å². The summed E-state index contributed by atoms with van der Waals surface area (Å²) in [4.78, 5) is 23.2. The Hall–Kier alpha value is -2.46. The van der Waals surface area contributed by atoms with Gasteiger partial charge in [0.25, 0.3) is 0 Å². The van der Waals surface area contributed by atoms with Crippen LogP contribution in [-0.4, -0.2) is 29.8 Å². The van der Waals surface area contributed by atoms with Gasteiger partial charge in [0.1, 0.15) is 5.60 Å². The number of hydrogen-bond donors (Lipinski definition) is 2. The van der Waals surface area contributed by atoms with E-state index in [1.807, 2.05) is 18.2 Å². The number of hydrogen-bond acceptors (Lipinski definition) is 5. The highest BCUT2D eigenvalue weighted by molar-refractivity contribution is 6.33. The smallest absolute Gasteiger partial charge is 0.351 e. The summed E-state index contributed by atoms with van der Waals surface area (Å²) in [6.07, 6.45) is -2.41. The number of nitrogens with one attached hydrogen (secondary N) is 2. The van der Waals surface area contributed by atoms with E-state index in [1.54, 1.807) is 12.1 Å². The SMILES string of the molecule is O=C(Nc1cc(C(F)(F)F)ccc1Cl)ON1CCC2(C=C(c3ccc(Cl)cc3)NO2)CC1. The van der Waals surface area contributed by atoms with Crippen LogP contribution in [0.4, 0.5) is 23.7 Å². The van der Waals surface area contributed by atoms with Gasteiger partial charge in [-0.25, -0.2) is 4.79 Å². The number of alkyl halides is 3. The minimum atomic E-state index is -4.56. The first-order valence-electron chi connectivity index (χ1n) is 9.67. The van der Waals surface area contributed by atoms with E-state index in [1.165, 1.54) is 5.06 Å². The molecule has 0 atom stereocenters. The maximum Gasteiger partial charge on any atom is 0.430 e. The molecular weight excluding hydrogens is 470 g/mol. The lowest BCUT2D eigenvalue weighted by molar-refractivity contribution is -0.153. The van der Waals surface area contributed by atoms with E-state index in [9.17, 15) is 18.0 Å². The number of nitrogens with zero attached hydrogens (tertiary/aromatic N) is 1. The summed E-state index contributed by atoms with van der Waals surface area (Å²) >= 11 is 11.8. The van der Waals surface area contributed by atoms with Gasteiger partial charge in [0.05, 0.1) is 22.0 Å². The molecule has 1 amide bonds. The Balaban J connectivity index is 1.34. The molecule has 0 aromatic heterocycles. The number of rotatable bonds is 3. The molecule has 0 bridgehead atoms. The van der Waals surface area contributed by atoms with Gasteiger partial charge in [0, 0.05) is 18.1 Å². The van der Waals surface area contributed by atoms with Crippen molar-refractivity contribution in [3.05, 3.63) is 69.7 Å². The van der Waals surface area contributed by atoms with Crippen molar-refractivity contribution in [2.24, 2.45) is 0 Å². The second-order valence-electron chi connectivity index (χ2n) is 7.46. The van der Waals surface area contributed by atoms with Crippen LogP contribution >= 0.6 is 23.2 Å². The van der Waals surface area contributed by atoms with E-state index in [4.69, 9.17) is 32.9 Å². The van der Waals surface area contributed by atoms with Gasteiger partial charge in [0.15, 0.2) is 0 Å². The molecular formula is C21H18Cl2F3N3O3. The highest BCUT2D eigenvalue weighted by Crippen LogP contribution is 2.36. The first kappa shape index (κ1) is 22.7. The van der Waals surface area contributed by atoms with Crippen molar-refractivity contribution < 1.29 is 27.6 Å². The lowest BCUT2D eigenvalue weighted by Gasteiger charge is -2.35. The van der Waals surface area contributed by atoms with Crippen LogP contribution in [-0.2, 0) is 15.9 Å². The predicted octanol–water partition coefficient (Wildman–Crippen LogP) is 5.89. The topological polar surface area (TPSA) is 62.8 Å². The summed E-state index contributed by atoms with van der Waals surface area (Å²) in [5, 5.41) is 4.30. The number of hydroxylamine groups is 3. The Morgan fingerprint density at radius 1 is 1.12 bits per heavy atom. The third-order valence-electron chi connectivity index (χ3n) is 5.24. The summed E-state index contributed by atoms with van der Waals surface area (Å²) in [5.74, 6) is 0. The largest absolute Gasteiger partial charge is 0.430 e. The summed E-state index contributed by atoms with van der Waals surface area (Å²) in [6.45, 7) is 0.742. The quantitative estimate of drug-likeness (QED) is 0.565. The summed E-state index contributed by atoms with van der Waals surface area (Å²) in [6, 6.07) is 10.0. The molecule has 1 spiro atoms. The summed E-state index contributed by atoms with van der Waals surface area (Å²) < 4.78 is 38.7. The van der Waals surface area contributed by atoms with Gasteiger partial charge < -0.3 is 4.84 Å². The van der Waals surface area contributed by atoms with Crippen molar-refractivity contribution in [2.75, 3.05) is 18.4 Å². The summed E-state index contributed by atoms with van der Waals surface area (Å²) in [5.41, 5.74) is 3.04. The normalized spacial score (nSPS) is 18.2. The van der Waals surface area contributed by atoms with Crippen LogP contribution in [0.15, 0.2) is 48.5 Å². The first-order valence-corrected chi connectivity index (χ1v) is 10.4. The van der Waals surface area contributed by atoms with E-state index in [-0.39, 0.29) is 10.7 Å². The zero-order valence-corrected chi connectivity index (χ0v) is 18.0. The molecule has 0 saturated carbocycles.